The fraction of sp³-hybridized carbons (Fsp3) is 0.500. The fourth-order valence-electron chi connectivity index (χ4n) is 0.319. The first kappa shape index (κ1) is 13.7. The molecule has 0 aliphatic carbocycles. The summed E-state index contributed by atoms with van der Waals surface area (Å²) in [4.78, 5) is 9.54. The summed E-state index contributed by atoms with van der Waals surface area (Å²) in [5, 5.41) is 8.16. The van der Waals surface area contributed by atoms with E-state index in [2.05, 4.69) is 0 Å². The molecule has 0 spiro atoms. The molecule has 2 nitrogen and oxygen atoms in total. The first-order chi connectivity index (χ1) is 5.54. The van der Waals surface area contributed by atoms with E-state index in [1.165, 1.54) is 6.08 Å². The SMILES string of the molecule is CC(C)=CC=O.CC(C)=CCO.[HH]. The van der Waals surface area contributed by atoms with E-state index in [4.69, 9.17) is 5.11 Å². The highest BCUT2D eigenvalue weighted by molar-refractivity contribution is 5.65. The lowest BCUT2D eigenvalue weighted by atomic mass is 10.3. The summed E-state index contributed by atoms with van der Waals surface area (Å²) in [5.74, 6) is 0. The minimum absolute atomic E-state index is 0. The Balaban J connectivity index is -0.000000143. The van der Waals surface area contributed by atoms with Crippen molar-refractivity contribution in [3.63, 3.8) is 0 Å². The lowest BCUT2D eigenvalue weighted by Gasteiger charge is -1.80. The molecule has 0 rings (SSSR count). The van der Waals surface area contributed by atoms with Gasteiger partial charge in [-0.3, -0.25) is 4.79 Å². The van der Waals surface area contributed by atoms with Crippen LogP contribution in [0.15, 0.2) is 23.3 Å². The zero-order valence-corrected chi connectivity index (χ0v) is 8.29. The Labute approximate surface area is 76.1 Å². The number of aliphatic hydroxyl groups excluding tert-OH is 1. The van der Waals surface area contributed by atoms with Gasteiger partial charge in [-0.05, 0) is 33.8 Å². The van der Waals surface area contributed by atoms with Crippen LogP contribution in [0.1, 0.15) is 29.1 Å². The predicted molar refractivity (Wildman–Crippen MR) is 54.1 cm³/mol. The van der Waals surface area contributed by atoms with Crippen LogP contribution in [-0.2, 0) is 4.79 Å². The van der Waals surface area contributed by atoms with Crippen LogP contribution >= 0.6 is 0 Å². The van der Waals surface area contributed by atoms with Crippen LogP contribution in [0.3, 0.4) is 0 Å². The summed E-state index contributed by atoms with van der Waals surface area (Å²) in [5.41, 5.74) is 2.21. The Morgan fingerprint density at radius 3 is 1.75 bits per heavy atom. The second-order valence-electron chi connectivity index (χ2n) is 2.84. The second kappa shape index (κ2) is 10.1. The van der Waals surface area contributed by atoms with Crippen molar-refractivity contribution in [2.45, 2.75) is 27.7 Å². The van der Waals surface area contributed by atoms with Gasteiger partial charge in [-0.1, -0.05) is 17.2 Å². The molecule has 72 valence electrons. The van der Waals surface area contributed by atoms with Gasteiger partial charge in [0.05, 0.1) is 6.61 Å². The Morgan fingerprint density at radius 1 is 1.25 bits per heavy atom. The standard InChI is InChI=1S/C5H10O.C5H8O.H2/c2*1-5(2)3-4-6;/h3,6H,4H2,1-2H3;3-4H,1-2H3;1H. The van der Waals surface area contributed by atoms with Crippen LogP contribution in [0.2, 0.25) is 0 Å². The third kappa shape index (κ3) is 22.9. The van der Waals surface area contributed by atoms with E-state index in [-0.39, 0.29) is 8.03 Å². The summed E-state index contributed by atoms with van der Waals surface area (Å²) in [6, 6.07) is 0. The van der Waals surface area contributed by atoms with Gasteiger partial charge in [-0.25, -0.2) is 0 Å². The molecule has 0 saturated heterocycles. The molecule has 0 aromatic rings. The largest absolute Gasteiger partial charge is 0.392 e. The lowest BCUT2D eigenvalue weighted by molar-refractivity contribution is -0.104. The van der Waals surface area contributed by atoms with Crippen molar-refractivity contribution in [1.29, 1.82) is 0 Å². The molecule has 0 aromatic carbocycles. The normalized spacial score (nSPS) is 7.42. The minimum Gasteiger partial charge on any atom is -0.392 e. The molecule has 0 unspecified atom stereocenters. The van der Waals surface area contributed by atoms with E-state index < -0.39 is 0 Å². The van der Waals surface area contributed by atoms with E-state index in [0.29, 0.717) is 0 Å². The summed E-state index contributed by atoms with van der Waals surface area (Å²) >= 11 is 0. The fourth-order valence-corrected chi connectivity index (χ4v) is 0.319. The summed E-state index contributed by atoms with van der Waals surface area (Å²) in [6.45, 7) is 7.84. The smallest absolute Gasteiger partial charge is 0.142 e. The summed E-state index contributed by atoms with van der Waals surface area (Å²) in [6.07, 6.45) is 4.08. The molecule has 2 heteroatoms. The van der Waals surface area contributed by atoms with Crippen molar-refractivity contribution >= 4 is 6.29 Å². The number of hydrogen-bond acceptors (Lipinski definition) is 2. The molecule has 0 saturated carbocycles. The zero-order chi connectivity index (χ0) is 9.98. The van der Waals surface area contributed by atoms with Crippen molar-refractivity contribution in [2.24, 2.45) is 0 Å². The summed E-state index contributed by atoms with van der Waals surface area (Å²) in [7, 11) is 0. The molecule has 0 fully saturated rings. The topological polar surface area (TPSA) is 37.3 Å². The van der Waals surface area contributed by atoms with Gasteiger partial charge in [0.25, 0.3) is 0 Å². The Bertz CT molecular complexity index is 164. The van der Waals surface area contributed by atoms with Crippen molar-refractivity contribution in [1.82, 2.24) is 0 Å². The Hall–Kier alpha value is -0.890. The molecule has 0 heterocycles. The van der Waals surface area contributed by atoms with E-state index in [1.807, 2.05) is 27.7 Å². The van der Waals surface area contributed by atoms with Crippen LogP contribution in [0.25, 0.3) is 0 Å². The average Bonchev–Trinajstić information content (AvgIpc) is 1.87. The lowest BCUT2D eigenvalue weighted by Crippen LogP contribution is -1.71. The molecule has 0 bridgehead atoms. The number of carbonyl (C=O) groups is 1. The number of hydrogen-bond donors (Lipinski definition) is 1. The van der Waals surface area contributed by atoms with Crippen LogP contribution in [0.5, 0.6) is 0 Å². The zero-order valence-electron chi connectivity index (χ0n) is 8.29. The highest BCUT2D eigenvalue weighted by Crippen LogP contribution is 1.83. The number of carbonyl (C=O) groups excluding carboxylic acids is 1. The van der Waals surface area contributed by atoms with Gasteiger partial charge in [0.1, 0.15) is 6.29 Å². The first-order valence-corrected chi connectivity index (χ1v) is 3.87. The highest BCUT2D eigenvalue weighted by atomic mass is 16.2. The average molecular weight is 172 g/mol. The Morgan fingerprint density at radius 2 is 1.75 bits per heavy atom. The number of allylic oxidation sites excluding steroid dienone is 3. The van der Waals surface area contributed by atoms with E-state index in [9.17, 15) is 4.79 Å². The molecular weight excluding hydrogens is 152 g/mol. The third-order valence-electron chi connectivity index (χ3n) is 0.901. The van der Waals surface area contributed by atoms with Gasteiger partial charge in [0.15, 0.2) is 0 Å². The maximum Gasteiger partial charge on any atom is 0.142 e. The monoisotopic (exact) mass is 172 g/mol. The molecule has 0 aliphatic rings. The molecule has 1 N–H and O–H groups in total. The van der Waals surface area contributed by atoms with E-state index in [1.54, 1.807) is 6.08 Å². The molecule has 0 radical (unpaired) electrons. The van der Waals surface area contributed by atoms with Crippen LogP contribution in [0, 0.1) is 0 Å². The quantitative estimate of drug-likeness (QED) is 0.394. The molecule has 0 aromatic heterocycles. The van der Waals surface area contributed by atoms with Crippen LogP contribution < -0.4 is 0 Å². The number of rotatable bonds is 2. The maximum absolute atomic E-state index is 9.54. The van der Waals surface area contributed by atoms with Crippen molar-refractivity contribution in [3.05, 3.63) is 23.3 Å². The van der Waals surface area contributed by atoms with Crippen LogP contribution in [-0.4, -0.2) is 18.0 Å². The highest BCUT2D eigenvalue weighted by Gasteiger charge is 1.68. The molecule has 0 atom stereocenters. The predicted octanol–water partition coefficient (Wildman–Crippen LogP) is 2.34. The van der Waals surface area contributed by atoms with E-state index >= 15 is 0 Å². The first-order valence-electron chi connectivity index (χ1n) is 3.87. The number of aliphatic hydroxyl groups is 1. The van der Waals surface area contributed by atoms with Gasteiger partial charge in [-0.2, -0.15) is 0 Å². The van der Waals surface area contributed by atoms with Gasteiger partial charge < -0.3 is 5.11 Å². The molecule has 0 amide bonds. The van der Waals surface area contributed by atoms with Crippen molar-refractivity contribution in [2.75, 3.05) is 6.61 Å². The second-order valence-corrected chi connectivity index (χ2v) is 2.84. The maximum atomic E-state index is 9.54. The minimum atomic E-state index is 0. The van der Waals surface area contributed by atoms with Crippen molar-refractivity contribution < 1.29 is 11.3 Å². The van der Waals surface area contributed by atoms with Crippen molar-refractivity contribution in [3.8, 4) is 0 Å². The molecule has 12 heavy (non-hydrogen) atoms. The van der Waals surface area contributed by atoms with Gasteiger partial charge in [-0.15, -0.1) is 0 Å². The van der Waals surface area contributed by atoms with Gasteiger partial charge >= 0.3 is 0 Å². The third-order valence-corrected chi connectivity index (χ3v) is 0.901. The van der Waals surface area contributed by atoms with Crippen LogP contribution in [0.4, 0.5) is 0 Å². The molecular formula is C10H20O2. The van der Waals surface area contributed by atoms with Gasteiger partial charge in [0, 0.05) is 1.43 Å². The van der Waals surface area contributed by atoms with Gasteiger partial charge in [0.2, 0.25) is 0 Å². The Kier molecular flexibility index (Phi) is 11.5. The van der Waals surface area contributed by atoms with E-state index in [0.717, 1.165) is 17.4 Å². The number of aldehydes is 1. The summed E-state index contributed by atoms with van der Waals surface area (Å²) < 4.78 is 0. The molecule has 0 aliphatic heterocycles.